The molecule has 0 aliphatic carbocycles. The molecule has 1 aliphatic heterocycles. The average molecular weight is 291 g/mol. The second-order valence-electron chi connectivity index (χ2n) is 3.43. The predicted octanol–water partition coefficient (Wildman–Crippen LogP) is 3.06. The summed E-state index contributed by atoms with van der Waals surface area (Å²) in [7, 11) is 0. The number of rotatable bonds is 2. The molecule has 2 rings (SSSR count). The summed E-state index contributed by atoms with van der Waals surface area (Å²) in [5, 5.41) is 9.78. The molecule has 1 aromatic carbocycles. The molecule has 1 atom stereocenters. The molecule has 0 fully saturated rings. The third kappa shape index (κ3) is 2.10. The first-order valence-electron chi connectivity index (χ1n) is 4.75. The molecule has 0 amide bonds. The van der Waals surface area contributed by atoms with Gasteiger partial charge in [0.25, 0.3) is 0 Å². The molecule has 0 saturated heterocycles. The maximum atomic E-state index is 13.5. The van der Waals surface area contributed by atoms with Gasteiger partial charge < -0.3 is 9.84 Å². The van der Waals surface area contributed by atoms with Gasteiger partial charge in [-0.15, -0.1) is 0 Å². The Morgan fingerprint density at radius 3 is 2.44 bits per heavy atom. The van der Waals surface area contributed by atoms with E-state index in [-0.39, 0.29) is 11.3 Å². The van der Waals surface area contributed by atoms with E-state index in [1.165, 1.54) is 0 Å². The van der Waals surface area contributed by atoms with Crippen LogP contribution in [0.2, 0.25) is 0 Å². The molecule has 0 radical (unpaired) electrons. The number of aliphatic hydroxyl groups excluding tert-OH is 1. The lowest BCUT2D eigenvalue weighted by molar-refractivity contribution is 0.113. The Morgan fingerprint density at radius 2 is 1.94 bits per heavy atom. The average Bonchev–Trinajstić information content (AvgIpc) is 2.67. The van der Waals surface area contributed by atoms with Crippen LogP contribution in [0, 0.1) is 11.6 Å². The topological polar surface area (TPSA) is 29.5 Å². The summed E-state index contributed by atoms with van der Waals surface area (Å²) in [6.45, 7) is 0.437. The summed E-state index contributed by atoms with van der Waals surface area (Å²) in [5.74, 6) is -1.38. The van der Waals surface area contributed by atoms with Crippen LogP contribution in [-0.2, 0) is 4.74 Å². The van der Waals surface area contributed by atoms with E-state index in [4.69, 9.17) is 4.74 Å². The highest BCUT2D eigenvalue weighted by atomic mass is 79.9. The number of aliphatic hydroxyl groups is 1. The van der Waals surface area contributed by atoms with Crippen molar-refractivity contribution in [2.45, 2.75) is 12.5 Å². The van der Waals surface area contributed by atoms with E-state index in [1.54, 1.807) is 6.08 Å². The Bertz CT molecular complexity index is 423. The van der Waals surface area contributed by atoms with E-state index in [0.29, 0.717) is 17.5 Å². The van der Waals surface area contributed by atoms with Crippen molar-refractivity contribution in [3.8, 4) is 0 Å². The van der Waals surface area contributed by atoms with E-state index in [9.17, 15) is 13.9 Å². The fourth-order valence-corrected chi connectivity index (χ4v) is 1.99. The minimum Gasteiger partial charge on any atom is -0.495 e. The van der Waals surface area contributed by atoms with Crippen molar-refractivity contribution < 1.29 is 18.6 Å². The largest absolute Gasteiger partial charge is 0.495 e. The molecule has 1 unspecified atom stereocenters. The van der Waals surface area contributed by atoms with Crippen molar-refractivity contribution in [3.63, 3.8) is 0 Å². The summed E-state index contributed by atoms with van der Waals surface area (Å²) in [6, 6.07) is 2.22. The predicted molar refractivity (Wildman–Crippen MR) is 57.7 cm³/mol. The van der Waals surface area contributed by atoms with Crippen LogP contribution < -0.4 is 0 Å². The molecule has 0 spiro atoms. The van der Waals surface area contributed by atoms with E-state index >= 15 is 0 Å². The van der Waals surface area contributed by atoms with Crippen LogP contribution >= 0.6 is 15.9 Å². The zero-order valence-corrected chi connectivity index (χ0v) is 9.80. The molecule has 1 heterocycles. The fraction of sp³-hybridized carbons (Fsp3) is 0.273. The van der Waals surface area contributed by atoms with Crippen LogP contribution in [0.15, 0.2) is 28.4 Å². The lowest BCUT2D eigenvalue weighted by Crippen LogP contribution is -2.07. The number of hydrogen-bond donors (Lipinski definition) is 1. The highest BCUT2D eigenvalue weighted by molar-refractivity contribution is 9.10. The van der Waals surface area contributed by atoms with Crippen molar-refractivity contribution in [3.05, 3.63) is 45.6 Å². The monoisotopic (exact) mass is 290 g/mol. The lowest BCUT2D eigenvalue weighted by atomic mass is 10.1. The first-order valence-corrected chi connectivity index (χ1v) is 5.54. The maximum Gasteiger partial charge on any atom is 0.141 e. The molecule has 1 aromatic rings. The Balaban J connectivity index is 2.39. The first-order chi connectivity index (χ1) is 7.59. The quantitative estimate of drug-likeness (QED) is 0.907. The summed E-state index contributed by atoms with van der Waals surface area (Å²) in [5.41, 5.74) is -0.378. The summed E-state index contributed by atoms with van der Waals surface area (Å²) in [6.07, 6.45) is 0.896. The molecule has 1 aliphatic rings. The number of benzene rings is 1. The molecule has 16 heavy (non-hydrogen) atoms. The van der Waals surface area contributed by atoms with Gasteiger partial charge in [-0.1, -0.05) is 15.9 Å². The van der Waals surface area contributed by atoms with Gasteiger partial charge in [-0.2, -0.15) is 0 Å². The van der Waals surface area contributed by atoms with Crippen LogP contribution in [0.5, 0.6) is 0 Å². The third-order valence-electron chi connectivity index (χ3n) is 2.32. The SMILES string of the molecule is OC(C1=CCCO1)c1c(F)cc(Br)cc1F. The number of ether oxygens (including phenoxy) is 1. The maximum absolute atomic E-state index is 13.5. The third-order valence-corrected chi connectivity index (χ3v) is 2.78. The van der Waals surface area contributed by atoms with Gasteiger partial charge in [-0.05, 0) is 18.2 Å². The fourth-order valence-electron chi connectivity index (χ4n) is 1.58. The second-order valence-corrected chi connectivity index (χ2v) is 4.34. The summed E-state index contributed by atoms with van der Waals surface area (Å²) in [4.78, 5) is 0. The number of hydrogen-bond acceptors (Lipinski definition) is 2. The molecular weight excluding hydrogens is 282 g/mol. The van der Waals surface area contributed by atoms with Crippen molar-refractivity contribution in [1.29, 1.82) is 0 Å². The van der Waals surface area contributed by atoms with Gasteiger partial charge >= 0.3 is 0 Å². The summed E-state index contributed by atoms with van der Waals surface area (Å²) >= 11 is 2.97. The normalized spacial score (nSPS) is 16.9. The van der Waals surface area contributed by atoms with Crippen LogP contribution in [0.4, 0.5) is 8.78 Å². The van der Waals surface area contributed by atoms with Gasteiger partial charge in [0, 0.05) is 10.9 Å². The zero-order chi connectivity index (χ0) is 11.7. The van der Waals surface area contributed by atoms with Gasteiger partial charge in [0.15, 0.2) is 0 Å². The minimum atomic E-state index is -1.38. The van der Waals surface area contributed by atoms with Crippen molar-refractivity contribution in [1.82, 2.24) is 0 Å². The standard InChI is InChI=1S/C11H9BrF2O2/c12-6-4-7(13)10(8(14)5-6)11(15)9-2-1-3-16-9/h2,4-5,11,15H,1,3H2. The molecule has 5 heteroatoms. The molecule has 86 valence electrons. The van der Waals surface area contributed by atoms with Crippen LogP contribution in [0.1, 0.15) is 18.1 Å². The van der Waals surface area contributed by atoms with Crippen molar-refractivity contribution in [2.75, 3.05) is 6.61 Å². The van der Waals surface area contributed by atoms with Crippen LogP contribution in [0.3, 0.4) is 0 Å². The Kier molecular flexibility index (Phi) is 3.25. The Hall–Kier alpha value is -0.940. The van der Waals surface area contributed by atoms with Gasteiger partial charge in [-0.3, -0.25) is 0 Å². The van der Waals surface area contributed by atoms with Crippen molar-refractivity contribution >= 4 is 15.9 Å². The second kappa shape index (κ2) is 4.51. The summed E-state index contributed by atoms with van der Waals surface area (Å²) < 4.78 is 32.4. The molecule has 0 aromatic heterocycles. The Labute approximate surface area is 99.7 Å². The van der Waals surface area contributed by atoms with Gasteiger partial charge in [0.2, 0.25) is 0 Å². The van der Waals surface area contributed by atoms with Crippen LogP contribution in [0.25, 0.3) is 0 Å². The molecule has 1 N–H and O–H groups in total. The smallest absolute Gasteiger partial charge is 0.141 e. The molecule has 0 bridgehead atoms. The van der Waals surface area contributed by atoms with Crippen LogP contribution in [-0.4, -0.2) is 11.7 Å². The van der Waals surface area contributed by atoms with E-state index in [1.807, 2.05) is 0 Å². The van der Waals surface area contributed by atoms with Gasteiger partial charge in [0.1, 0.15) is 23.5 Å². The van der Waals surface area contributed by atoms with E-state index in [0.717, 1.165) is 12.1 Å². The van der Waals surface area contributed by atoms with Crippen molar-refractivity contribution in [2.24, 2.45) is 0 Å². The molecule has 0 saturated carbocycles. The molecular formula is C11H9BrF2O2. The van der Waals surface area contributed by atoms with Gasteiger partial charge in [-0.25, -0.2) is 8.78 Å². The minimum absolute atomic E-state index is 0.208. The zero-order valence-electron chi connectivity index (χ0n) is 8.21. The van der Waals surface area contributed by atoms with E-state index < -0.39 is 17.7 Å². The van der Waals surface area contributed by atoms with Gasteiger partial charge in [0.05, 0.1) is 12.2 Å². The first kappa shape index (κ1) is 11.5. The number of halogens is 3. The molecule has 2 nitrogen and oxygen atoms in total. The lowest BCUT2D eigenvalue weighted by Gasteiger charge is -2.14. The highest BCUT2D eigenvalue weighted by Crippen LogP contribution is 2.31. The highest BCUT2D eigenvalue weighted by Gasteiger charge is 2.25. The van der Waals surface area contributed by atoms with E-state index in [2.05, 4.69) is 15.9 Å². The Morgan fingerprint density at radius 1 is 1.31 bits per heavy atom.